The fourth-order valence-electron chi connectivity index (χ4n) is 7.45. The van der Waals surface area contributed by atoms with E-state index in [9.17, 15) is 35.7 Å². The maximum atomic E-state index is 12.1. The molecule has 0 saturated heterocycles. The van der Waals surface area contributed by atoms with Gasteiger partial charge < -0.3 is 44.9 Å². The highest BCUT2D eigenvalue weighted by Gasteiger charge is 2.32. The Labute approximate surface area is 289 Å². The summed E-state index contributed by atoms with van der Waals surface area (Å²) in [5.41, 5.74) is 4.89. The van der Waals surface area contributed by atoms with E-state index in [1.165, 1.54) is 4.57 Å². The third-order valence-corrected chi connectivity index (χ3v) is 9.66. The molecule has 0 radical (unpaired) electrons. The number of hydrogen-bond donors (Lipinski definition) is 7. The van der Waals surface area contributed by atoms with Gasteiger partial charge in [-0.25, -0.2) is 0 Å². The summed E-state index contributed by atoms with van der Waals surface area (Å²) in [5.74, 6) is -5.48. The zero-order chi connectivity index (χ0) is 35.1. The first-order chi connectivity index (χ1) is 24.8. The van der Waals surface area contributed by atoms with Crippen LogP contribution in [0, 0.1) is 0 Å². The Morgan fingerprint density at radius 1 is 0.353 bits per heavy atom. The Morgan fingerprint density at radius 2 is 0.902 bits per heavy atom. The van der Waals surface area contributed by atoms with Crippen LogP contribution in [0.2, 0.25) is 0 Å². The van der Waals surface area contributed by atoms with Gasteiger partial charge in [-0.1, -0.05) is 84.9 Å². The number of rotatable bonds is 4. The van der Waals surface area contributed by atoms with Gasteiger partial charge in [0.05, 0.1) is 27.4 Å². The maximum Gasteiger partial charge on any atom is 0.206 e. The van der Waals surface area contributed by atoms with Gasteiger partial charge in [0, 0.05) is 22.1 Å². The van der Waals surface area contributed by atoms with E-state index in [2.05, 4.69) is 4.57 Å². The van der Waals surface area contributed by atoms with Gasteiger partial charge >= 0.3 is 0 Å². The minimum atomic E-state index is -1.01. The van der Waals surface area contributed by atoms with Gasteiger partial charge in [-0.05, 0) is 59.2 Å². The lowest BCUT2D eigenvalue weighted by molar-refractivity contribution is 0.350. The third kappa shape index (κ3) is 4.09. The van der Waals surface area contributed by atoms with Crippen molar-refractivity contribution in [2.24, 2.45) is 0 Å². The number of phenols is 7. The lowest BCUT2D eigenvalue weighted by Gasteiger charge is -2.14. The van der Waals surface area contributed by atoms with Gasteiger partial charge in [0.1, 0.15) is 16.8 Å². The molecule has 0 bridgehead atoms. The maximum absolute atomic E-state index is 12.1. The molecule has 0 atom stereocenters. The fourth-order valence-corrected chi connectivity index (χ4v) is 7.45. The Kier molecular flexibility index (Phi) is 6.37. The molecule has 7 N–H and O–H groups in total. The van der Waals surface area contributed by atoms with E-state index in [-0.39, 0.29) is 27.4 Å². The molecular weight excluding hydrogens is 644 g/mol. The molecule has 248 valence electrons. The summed E-state index contributed by atoms with van der Waals surface area (Å²) >= 11 is 0. The summed E-state index contributed by atoms with van der Waals surface area (Å²) in [4.78, 5) is 0. The van der Waals surface area contributed by atoms with Crippen molar-refractivity contribution in [3.63, 3.8) is 0 Å². The molecule has 9 nitrogen and oxygen atoms in total. The molecule has 2 heterocycles. The van der Waals surface area contributed by atoms with Crippen LogP contribution in [0.15, 0.2) is 127 Å². The van der Waals surface area contributed by atoms with Crippen molar-refractivity contribution in [1.82, 2.24) is 9.13 Å². The molecule has 0 amide bonds. The predicted octanol–water partition coefficient (Wildman–Crippen LogP) is 9.15. The Bertz CT molecular complexity index is 2860. The number of hydrogen-bond acceptors (Lipinski definition) is 7. The standard InChI is InChI=1S/C42H28N2O7/c45-36-30(37(46)39(48)34-32(36)33-35(40(49)42(51)41(50)38(33)47)44(34)25-15-8-3-9-16-25)23-19-20-28-27(21-23)31-26(22-11-4-1-5-12-22)17-10-18-29(31)43(28)24-13-6-2-7-14-24/h1-21,45-51H. The summed E-state index contributed by atoms with van der Waals surface area (Å²) in [7, 11) is 0. The average molecular weight is 673 g/mol. The molecule has 9 rings (SSSR count). The molecular formula is C42H28N2O7. The lowest BCUT2D eigenvalue weighted by atomic mass is 9.95. The highest BCUT2D eigenvalue weighted by atomic mass is 16.3. The van der Waals surface area contributed by atoms with Crippen LogP contribution in [0.1, 0.15) is 0 Å². The van der Waals surface area contributed by atoms with Gasteiger partial charge in [-0.2, -0.15) is 0 Å². The number of fused-ring (bicyclic) bond motifs is 6. The largest absolute Gasteiger partial charge is 0.506 e. The Hall–Kier alpha value is -7.26. The Morgan fingerprint density at radius 3 is 1.55 bits per heavy atom. The van der Waals surface area contributed by atoms with E-state index < -0.39 is 40.2 Å². The van der Waals surface area contributed by atoms with Crippen molar-refractivity contribution in [3.8, 4) is 73.9 Å². The topological polar surface area (TPSA) is 151 Å². The molecule has 7 aromatic carbocycles. The smallest absolute Gasteiger partial charge is 0.206 e. The number of phenolic OH excluding ortho intramolecular Hbond substituents is 7. The lowest BCUT2D eigenvalue weighted by Crippen LogP contribution is -1.95. The molecule has 0 saturated carbocycles. The summed E-state index contributed by atoms with van der Waals surface area (Å²) in [6, 6.07) is 39.8. The highest BCUT2D eigenvalue weighted by Crippen LogP contribution is 2.59. The van der Waals surface area contributed by atoms with Gasteiger partial charge in [0.15, 0.2) is 23.0 Å². The molecule has 0 aliphatic heterocycles. The van der Waals surface area contributed by atoms with Gasteiger partial charge in [-0.3, -0.25) is 0 Å². The summed E-state index contributed by atoms with van der Waals surface area (Å²) in [5, 5.41) is 80.3. The first-order valence-corrected chi connectivity index (χ1v) is 16.1. The van der Waals surface area contributed by atoms with E-state index in [1.54, 1.807) is 36.4 Å². The average Bonchev–Trinajstić information content (AvgIpc) is 3.71. The molecule has 0 unspecified atom stereocenters. The Balaban J connectivity index is 1.42. The van der Waals surface area contributed by atoms with Gasteiger partial charge in [0.2, 0.25) is 11.5 Å². The van der Waals surface area contributed by atoms with Crippen molar-refractivity contribution < 1.29 is 35.7 Å². The minimum Gasteiger partial charge on any atom is -0.506 e. The molecule has 0 aliphatic rings. The van der Waals surface area contributed by atoms with Crippen LogP contribution in [-0.4, -0.2) is 44.9 Å². The minimum absolute atomic E-state index is 0.140. The molecule has 2 aromatic heterocycles. The molecule has 9 heteroatoms. The molecule has 9 aromatic rings. The molecule has 0 fully saturated rings. The normalized spacial score (nSPS) is 11.7. The van der Waals surface area contributed by atoms with Gasteiger partial charge in [-0.15, -0.1) is 0 Å². The second-order valence-electron chi connectivity index (χ2n) is 12.4. The van der Waals surface area contributed by atoms with E-state index in [4.69, 9.17) is 0 Å². The van der Waals surface area contributed by atoms with Crippen LogP contribution in [0.4, 0.5) is 0 Å². The second-order valence-corrected chi connectivity index (χ2v) is 12.4. The second kappa shape index (κ2) is 10.9. The summed E-state index contributed by atoms with van der Waals surface area (Å²) in [6.45, 7) is 0. The van der Waals surface area contributed by atoms with Gasteiger partial charge in [0.25, 0.3) is 0 Å². The predicted molar refractivity (Wildman–Crippen MR) is 198 cm³/mol. The van der Waals surface area contributed by atoms with E-state index in [0.717, 1.165) is 38.6 Å². The number of para-hydroxylation sites is 2. The first-order valence-electron chi connectivity index (χ1n) is 16.1. The van der Waals surface area contributed by atoms with Crippen LogP contribution in [0.5, 0.6) is 40.2 Å². The zero-order valence-corrected chi connectivity index (χ0v) is 26.6. The summed E-state index contributed by atoms with van der Waals surface area (Å²) in [6.07, 6.45) is 0. The molecule has 0 aliphatic carbocycles. The van der Waals surface area contributed by atoms with Crippen LogP contribution in [0.25, 0.3) is 77.2 Å². The summed E-state index contributed by atoms with van der Waals surface area (Å²) < 4.78 is 3.44. The van der Waals surface area contributed by atoms with Crippen molar-refractivity contribution in [3.05, 3.63) is 127 Å². The van der Waals surface area contributed by atoms with E-state index >= 15 is 0 Å². The number of benzene rings is 7. The van der Waals surface area contributed by atoms with Crippen LogP contribution >= 0.6 is 0 Å². The van der Waals surface area contributed by atoms with Crippen LogP contribution < -0.4 is 0 Å². The third-order valence-electron chi connectivity index (χ3n) is 9.66. The molecule has 51 heavy (non-hydrogen) atoms. The quantitative estimate of drug-likeness (QED) is 0.0727. The van der Waals surface area contributed by atoms with Crippen molar-refractivity contribution in [2.75, 3.05) is 0 Å². The van der Waals surface area contributed by atoms with Crippen molar-refractivity contribution >= 4 is 43.6 Å². The number of aromatic hydroxyl groups is 7. The first kappa shape index (κ1) is 29.8. The van der Waals surface area contributed by atoms with Crippen LogP contribution in [0.3, 0.4) is 0 Å². The van der Waals surface area contributed by atoms with E-state index in [1.807, 2.05) is 91.0 Å². The zero-order valence-electron chi connectivity index (χ0n) is 26.6. The van der Waals surface area contributed by atoms with Crippen molar-refractivity contribution in [1.29, 1.82) is 0 Å². The van der Waals surface area contributed by atoms with E-state index in [0.29, 0.717) is 11.3 Å². The van der Waals surface area contributed by atoms with Crippen LogP contribution in [-0.2, 0) is 0 Å². The number of aromatic nitrogens is 2. The highest BCUT2D eigenvalue weighted by molar-refractivity contribution is 6.23. The monoisotopic (exact) mass is 672 g/mol. The SMILES string of the molecule is Oc1c(O)c(O)c2c(c1O)c1c(O)c(-c3ccc4c(c3)c3c(-c5ccccc5)cccc3n4-c3ccccc3)c(O)c(O)c1n2-c1ccccc1. The molecule has 0 spiro atoms. The fraction of sp³-hybridized carbons (Fsp3) is 0. The number of nitrogens with zero attached hydrogens (tertiary/aromatic N) is 2. The van der Waals surface area contributed by atoms with Crippen molar-refractivity contribution in [2.45, 2.75) is 0 Å².